The predicted molar refractivity (Wildman–Crippen MR) is 113 cm³/mol. The largest absolute Gasteiger partial charge is 0.468 e. The number of fused-ring (bicyclic) bond motifs is 2. The number of benzene rings is 2. The van der Waals surface area contributed by atoms with Gasteiger partial charge in [0.15, 0.2) is 5.78 Å². The van der Waals surface area contributed by atoms with Gasteiger partial charge in [0.1, 0.15) is 5.41 Å². The number of carbonyl (C=O) groups excluding carboxylic acids is 2. The maximum atomic E-state index is 14.2. The number of ether oxygens (including phenoxy) is 1. The molecular formula is C26H24O3. The second-order valence-electron chi connectivity index (χ2n) is 7.86. The van der Waals surface area contributed by atoms with Crippen molar-refractivity contribution in [1.29, 1.82) is 0 Å². The standard InChI is InChI=1S/C26H24O3/c1-19-17-25(20-11-5-3-6-12-20)16-10-9-15-22(23(25)27)26(18-19,24(28)29-2)21-13-7-4-8-14-21/h3-15H,1,16-18H2,2H3/t25-,26+/m1/s1. The molecule has 146 valence electrons. The van der Waals surface area contributed by atoms with E-state index in [-0.39, 0.29) is 5.78 Å². The average Bonchev–Trinajstić information content (AvgIpc) is 2.98. The minimum atomic E-state index is -1.20. The number of Topliss-reactive ketones (excluding diaryl/α,β-unsaturated/α-hetero) is 1. The molecule has 2 aromatic rings. The van der Waals surface area contributed by atoms with Gasteiger partial charge in [-0.05, 0) is 30.4 Å². The Balaban J connectivity index is 2.01. The zero-order valence-electron chi connectivity index (χ0n) is 16.6. The molecule has 0 aliphatic heterocycles. The lowest BCUT2D eigenvalue weighted by atomic mass is 9.66. The predicted octanol–water partition coefficient (Wildman–Crippen LogP) is 4.84. The highest BCUT2D eigenvalue weighted by atomic mass is 16.5. The van der Waals surface area contributed by atoms with Crippen LogP contribution in [-0.4, -0.2) is 18.9 Å². The number of ketones is 1. The van der Waals surface area contributed by atoms with Crippen LogP contribution in [-0.2, 0) is 25.2 Å². The van der Waals surface area contributed by atoms with Gasteiger partial charge in [0.2, 0.25) is 0 Å². The third kappa shape index (κ3) is 2.89. The maximum absolute atomic E-state index is 14.2. The number of hydrogen-bond acceptors (Lipinski definition) is 3. The molecule has 2 aromatic carbocycles. The SMILES string of the molecule is C=C1C[C@@]2(c3ccccc3)CC=CC=C(C2=O)[C@@](C(=O)OC)(c2ccccc2)C1. The highest BCUT2D eigenvalue weighted by molar-refractivity contribution is 6.12. The number of allylic oxidation sites excluding steroid dienone is 4. The van der Waals surface area contributed by atoms with Crippen molar-refractivity contribution >= 4 is 11.8 Å². The number of rotatable bonds is 3. The zero-order chi connectivity index (χ0) is 20.5. The van der Waals surface area contributed by atoms with Crippen molar-refractivity contribution in [2.75, 3.05) is 7.11 Å². The topological polar surface area (TPSA) is 43.4 Å². The van der Waals surface area contributed by atoms with Gasteiger partial charge < -0.3 is 4.74 Å². The summed E-state index contributed by atoms with van der Waals surface area (Å²) in [6, 6.07) is 19.3. The Morgan fingerprint density at radius 2 is 1.59 bits per heavy atom. The highest BCUT2D eigenvalue weighted by Gasteiger charge is 2.55. The molecular weight excluding hydrogens is 360 g/mol. The van der Waals surface area contributed by atoms with Crippen LogP contribution in [0.15, 0.2) is 96.6 Å². The van der Waals surface area contributed by atoms with E-state index in [4.69, 9.17) is 4.74 Å². The Bertz CT molecular complexity index is 1020. The summed E-state index contributed by atoms with van der Waals surface area (Å²) in [5, 5.41) is 0. The Morgan fingerprint density at radius 1 is 0.966 bits per heavy atom. The first-order valence-corrected chi connectivity index (χ1v) is 9.83. The molecule has 1 saturated carbocycles. The quantitative estimate of drug-likeness (QED) is 0.562. The van der Waals surface area contributed by atoms with Gasteiger partial charge in [-0.1, -0.05) is 91.0 Å². The summed E-state index contributed by atoms with van der Waals surface area (Å²) in [4.78, 5) is 27.5. The third-order valence-corrected chi connectivity index (χ3v) is 6.20. The normalized spacial score (nSPS) is 26.3. The molecule has 2 atom stereocenters. The Hall–Kier alpha value is -3.20. The summed E-state index contributed by atoms with van der Waals surface area (Å²) in [5.74, 6) is -0.454. The molecule has 2 bridgehead atoms. The van der Waals surface area contributed by atoms with Crippen LogP contribution >= 0.6 is 0 Å². The van der Waals surface area contributed by atoms with Gasteiger partial charge in [-0.15, -0.1) is 0 Å². The van der Waals surface area contributed by atoms with Crippen LogP contribution in [0.5, 0.6) is 0 Å². The molecule has 29 heavy (non-hydrogen) atoms. The lowest BCUT2D eigenvalue weighted by Gasteiger charge is -2.34. The van der Waals surface area contributed by atoms with Crippen molar-refractivity contribution in [3.8, 4) is 0 Å². The van der Waals surface area contributed by atoms with Crippen LogP contribution in [0.2, 0.25) is 0 Å². The van der Waals surface area contributed by atoms with E-state index in [2.05, 4.69) is 6.58 Å². The molecule has 2 aliphatic rings. The summed E-state index contributed by atoms with van der Waals surface area (Å²) in [6.07, 6.45) is 7.14. The molecule has 3 heteroatoms. The van der Waals surface area contributed by atoms with Crippen LogP contribution in [0.1, 0.15) is 30.4 Å². The fraction of sp³-hybridized carbons (Fsp3) is 0.231. The molecule has 0 amide bonds. The van der Waals surface area contributed by atoms with Crippen molar-refractivity contribution in [2.24, 2.45) is 0 Å². The molecule has 0 heterocycles. The summed E-state index contributed by atoms with van der Waals surface area (Å²) in [6.45, 7) is 4.30. The van der Waals surface area contributed by atoms with Crippen molar-refractivity contribution in [3.63, 3.8) is 0 Å². The highest BCUT2D eigenvalue weighted by Crippen LogP contribution is 2.51. The molecule has 0 N–H and O–H groups in total. The fourth-order valence-corrected chi connectivity index (χ4v) is 4.87. The fourth-order valence-electron chi connectivity index (χ4n) is 4.87. The van der Waals surface area contributed by atoms with Gasteiger partial charge in [0.05, 0.1) is 12.5 Å². The molecule has 1 fully saturated rings. The van der Waals surface area contributed by atoms with Crippen LogP contribution in [0.4, 0.5) is 0 Å². The van der Waals surface area contributed by atoms with Crippen molar-refractivity contribution in [1.82, 2.24) is 0 Å². The summed E-state index contributed by atoms with van der Waals surface area (Å²) in [5.41, 5.74) is 1.10. The van der Waals surface area contributed by atoms with E-state index in [9.17, 15) is 9.59 Å². The van der Waals surface area contributed by atoms with E-state index < -0.39 is 16.8 Å². The molecule has 4 rings (SSSR count). The van der Waals surface area contributed by atoms with Gasteiger partial charge in [-0.2, -0.15) is 0 Å². The number of methoxy groups -OCH3 is 1. The Kier molecular flexibility index (Phi) is 4.83. The van der Waals surface area contributed by atoms with E-state index in [1.807, 2.05) is 72.8 Å². The molecule has 0 saturated heterocycles. The number of esters is 1. The smallest absolute Gasteiger partial charge is 0.321 e. The van der Waals surface area contributed by atoms with E-state index in [0.717, 1.165) is 16.7 Å². The summed E-state index contributed by atoms with van der Waals surface area (Å²) < 4.78 is 5.27. The first-order valence-electron chi connectivity index (χ1n) is 9.83. The molecule has 0 spiro atoms. The van der Waals surface area contributed by atoms with Gasteiger partial charge >= 0.3 is 5.97 Å². The van der Waals surface area contributed by atoms with E-state index in [1.54, 1.807) is 6.08 Å². The van der Waals surface area contributed by atoms with Gasteiger partial charge in [0.25, 0.3) is 0 Å². The van der Waals surface area contributed by atoms with Crippen LogP contribution in [0, 0.1) is 0 Å². The number of carbonyl (C=O) groups is 2. The minimum absolute atomic E-state index is 0.0263. The van der Waals surface area contributed by atoms with E-state index >= 15 is 0 Å². The molecule has 3 nitrogen and oxygen atoms in total. The van der Waals surface area contributed by atoms with E-state index in [0.29, 0.717) is 24.8 Å². The van der Waals surface area contributed by atoms with Gasteiger partial charge in [-0.25, -0.2) is 0 Å². The zero-order valence-corrected chi connectivity index (χ0v) is 16.6. The second-order valence-corrected chi connectivity index (χ2v) is 7.86. The first kappa shape index (κ1) is 19.1. The molecule has 0 aromatic heterocycles. The van der Waals surface area contributed by atoms with E-state index in [1.165, 1.54) is 7.11 Å². The lowest BCUT2D eigenvalue weighted by Crippen LogP contribution is -2.44. The second kappa shape index (κ2) is 7.32. The maximum Gasteiger partial charge on any atom is 0.321 e. The molecule has 2 aliphatic carbocycles. The van der Waals surface area contributed by atoms with Crippen molar-refractivity contribution in [2.45, 2.75) is 30.1 Å². The molecule has 0 radical (unpaired) electrons. The number of hydrogen-bond donors (Lipinski definition) is 0. The van der Waals surface area contributed by atoms with Crippen LogP contribution < -0.4 is 0 Å². The summed E-state index contributed by atoms with van der Waals surface area (Å²) in [7, 11) is 1.38. The van der Waals surface area contributed by atoms with Crippen molar-refractivity contribution in [3.05, 3.63) is 108 Å². The third-order valence-electron chi connectivity index (χ3n) is 6.20. The Morgan fingerprint density at radius 3 is 2.21 bits per heavy atom. The average molecular weight is 384 g/mol. The van der Waals surface area contributed by atoms with Crippen molar-refractivity contribution < 1.29 is 14.3 Å². The monoisotopic (exact) mass is 384 g/mol. The van der Waals surface area contributed by atoms with Crippen LogP contribution in [0.3, 0.4) is 0 Å². The Labute approximate surface area is 171 Å². The summed E-state index contributed by atoms with van der Waals surface area (Å²) >= 11 is 0. The molecule has 0 unspecified atom stereocenters. The van der Waals surface area contributed by atoms with Gasteiger partial charge in [0, 0.05) is 5.57 Å². The lowest BCUT2D eigenvalue weighted by molar-refractivity contribution is -0.147. The van der Waals surface area contributed by atoms with Gasteiger partial charge in [-0.3, -0.25) is 9.59 Å². The minimum Gasteiger partial charge on any atom is -0.468 e. The first-order chi connectivity index (χ1) is 14.0. The van der Waals surface area contributed by atoms with Crippen LogP contribution in [0.25, 0.3) is 0 Å².